The first kappa shape index (κ1) is 67.5. The van der Waals surface area contributed by atoms with E-state index in [4.69, 9.17) is 76.2 Å². The molecular formula is C46H74O38. The topological polar surface area (TPSA) is 597 Å². The van der Waals surface area contributed by atoms with E-state index in [1.54, 1.807) is 0 Å². The molecule has 21 aliphatic rings. The first-order chi connectivity index (χ1) is 39.9. The number of aliphatic hydroxyl groups is 20. The minimum absolute atomic E-state index is 0.709. The van der Waals surface area contributed by atoms with E-state index >= 15 is 0 Å². The normalized spacial score (nSPS) is 51.6. The van der Waals surface area contributed by atoms with Gasteiger partial charge in [-0.15, -0.1) is 0 Å². The summed E-state index contributed by atoms with van der Waals surface area (Å²) < 4.78 is 85.2. The van der Waals surface area contributed by atoms with Crippen LogP contribution in [0.5, 0.6) is 0 Å². The highest BCUT2D eigenvalue weighted by Crippen LogP contribution is 2.39. The lowest BCUT2D eigenvalue weighted by Crippen LogP contribution is -2.68. The lowest BCUT2D eigenvalue weighted by Gasteiger charge is -2.50. The Labute approximate surface area is 473 Å². The Hall–Kier alpha value is -2.42. The van der Waals surface area contributed by atoms with E-state index in [0.29, 0.717) is 0 Å². The number of aliphatic carboxylic acids is 1. The zero-order valence-electron chi connectivity index (χ0n) is 43.9. The fourth-order valence-corrected chi connectivity index (χ4v) is 10.9. The number of carbonyl (C=O) groups excluding carboxylic acids is 1. The van der Waals surface area contributed by atoms with Crippen molar-refractivity contribution in [2.75, 3.05) is 46.2 Å². The van der Waals surface area contributed by atoms with Gasteiger partial charge in [0.05, 0.1) is 52.5 Å². The van der Waals surface area contributed by atoms with Crippen LogP contribution < -0.4 is 0 Å². The van der Waals surface area contributed by atoms with Crippen LogP contribution in [0.25, 0.3) is 0 Å². The lowest BCUT2D eigenvalue weighted by atomic mass is 9.95. The summed E-state index contributed by atoms with van der Waals surface area (Å²) in [6.45, 7) is -7.53. The molecule has 35 atom stereocenters. The number of carboxylic acid groups (broad SMARTS) is 1. The Morgan fingerprint density at radius 1 is 0.262 bits per heavy atom. The van der Waals surface area contributed by atoms with Crippen molar-refractivity contribution < 1.29 is 188 Å². The molecule has 0 unspecified atom stereocenters. The summed E-state index contributed by atoms with van der Waals surface area (Å²) in [6.07, 6.45) is -74.0. The Kier molecular flexibility index (Phi) is 23.3. The molecule has 84 heavy (non-hydrogen) atoms. The molecule has 38 heteroatoms. The molecular weight excluding hydrogens is 1160 g/mol. The predicted molar refractivity (Wildman–Crippen MR) is 249 cm³/mol. The molecule has 21 aliphatic heterocycles. The van der Waals surface area contributed by atoms with Crippen LogP contribution >= 0.6 is 0 Å². The summed E-state index contributed by atoms with van der Waals surface area (Å²) in [4.78, 5) is 23.8. The van der Waals surface area contributed by atoms with Crippen molar-refractivity contribution in [3.63, 3.8) is 0 Å². The monoisotopic (exact) mass is 1230 g/mol. The SMILES string of the molecule is O=C(O)CCC(=O)OC[C@H]1O[C@@H]2O[C@H]3[C@@H](O)[C@@H](O)[C@@H](O[C@H]4[C@H](O)[C@H](O)[C@@H](O[C@H]5[C@H](O)[C@@H](O)[C@@H](O[C@H]6[C@H](O)[C@@H](O)[C@@H](O[C@H]7[C@H](O)[C@@H](O)[C@@H](O[C@H]8[C@H](O)[C@@H](O)[C@@H](O[C@H]1[C@H](O)[C@H]2O)O[C@@H]8CO)O[C@@H]7CO)O[C@@H]6CO)O[C@@H]5CO)O[C@@H]4CO)O[C@@H]3CO. The molecule has 0 aliphatic carbocycles. The van der Waals surface area contributed by atoms with Crippen LogP contribution in [0.3, 0.4) is 0 Å². The van der Waals surface area contributed by atoms with Crippen LogP contribution in [0.4, 0.5) is 0 Å². The van der Waals surface area contributed by atoms with Crippen molar-refractivity contribution in [2.24, 2.45) is 0 Å². The molecule has 21 saturated heterocycles. The smallest absolute Gasteiger partial charge is 0.306 e. The number of rotatable bonds is 11. The number of hydrogen-bond acceptors (Lipinski definition) is 37. The number of carboxylic acids is 1. The maximum atomic E-state index is 12.6. The summed E-state index contributed by atoms with van der Waals surface area (Å²) in [5.41, 5.74) is 0. The number of aliphatic hydroxyl groups excluding tert-OH is 20. The van der Waals surface area contributed by atoms with Crippen molar-refractivity contribution in [1.82, 2.24) is 0 Å². The second-order valence-electron chi connectivity index (χ2n) is 21.0. The molecule has 21 fully saturated rings. The third-order valence-corrected chi connectivity index (χ3v) is 15.6. The van der Waals surface area contributed by atoms with E-state index in [9.17, 15) is 112 Å². The molecule has 38 nitrogen and oxygen atoms in total. The molecule has 21 N–H and O–H groups in total. The molecule has 0 aromatic carbocycles. The van der Waals surface area contributed by atoms with Gasteiger partial charge in [0, 0.05) is 0 Å². The molecule has 0 aromatic heterocycles. The Morgan fingerprint density at radius 2 is 0.440 bits per heavy atom. The Balaban J connectivity index is 1.10. The second-order valence-corrected chi connectivity index (χ2v) is 21.0. The zero-order valence-corrected chi connectivity index (χ0v) is 43.9. The molecule has 0 spiro atoms. The van der Waals surface area contributed by atoms with E-state index in [1.807, 2.05) is 0 Å². The minimum atomic E-state index is -2.33. The number of hydrogen-bond donors (Lipinski definition) is 21. The van der Waals surface area contributed by atoms with Crippen molar-refractivity contribution >= 4 is 11.9 Å². The maximum absolute atomic E-state index is 12.6. The average Bonchev–Trinajstić information content (AvgIpc) is 2.86. The second kappa shape index (κ2) is 29.0. The highest BCUT2D eigenvalue weighted by molar-refractivity contribution is 5.76. The van der Waals surface area contributed by atoms with Gasteiger partial charge in [-0.3, -0.25) is 9.59 Å². The standard InChI is InChI=1S/C46H74O38/c47-3-10-33-20(57)27(64)41(72-10)80-35-12(5-49)74-43(29(66)22(35)59)82-37-14(7-51)76-45(31(68)24(37)61)84-39-16(9-70-18(55)2-1-17(53)54)77-46(32(69)25(39)62)83-38-15(8-52)75-44(30(67)23(38)60)81-36-13(6-50)73-42(28(65)21(36)58)79-34-11(4-48)71-40(78-33)26(63)19(34)56/h10-16,19-52,56-69H,1-9H2,(H,53,54)/t10-,11-,12-,13-,14-,15-,16-,19-,20-,21-,22-,23+,24-,25-,26-,27-,28+,29-,30-,31-,32-,33-,34-,35-,36-,37-,38-,39-,40-,41-,42-,43-,44-,45-,46-/m1/s1. The molecule has 14 bridgehead atoms. The van der Waals surface area contributed by atoms with Crippen molar-refractivity contribution in [1.29, 1.82) is 0 Å². The Bertz CT molecular complexity index is 2070. The highest BCUT2D eigenvalue weighted by Gasteiger charge is 2.59. The van der Waals surface area contributed by atoms with Gasteiger partial charge in [-0.1, -0.05) is 0 Å². The molecule has 21 rings (SSSR count). The number of carbonyl (C=O) groups is 2. The van der Waals surface area contributed by atoms with E-state index in [2.05, 4.69) is 0 Å². The van der Waals surface area contributed by atoms with Gasteiger partial charge in [0.2, 0.25) is 0 Å². The van der Waals surface area contributed by atoms with Gasteiger partial charge in [0.25, 0.3) is 0 Å². The zero-order chi connectivity index (χ0) is 61.3. The third-order valence-electron chi connectivity index (χ3n) is 15.6. The summed E-state index contributed by atoms with van der Waals surface area (Å²) in [5, 5.41) is 231. The fourth-order valence-electron chi connectivity index (χ4n) is 10.9. The summed E-state index contributed by atoms with van der Waals surface area (Å²) >= 11 is 0. The molecule has 21 heterocycles. The quantitative estimate of drug-likeness (QED) is 0.0854. The van der Waals surface area contributed by atoms with Gasteiger partial charge in [0.1, 0.15) is 178 Å². The lowest BCUT2D eigenvalue weighted by molar-refractivity contribution is -0.396. The van der Waals surface area contributed by atoms with Gasteiger partial charge in [-0.25, -0.2) is 0 Å². The molecule has 0 saturated carbocycles. The molecule has 486 valence electrons. The molecule has 0 aromatic rings. The average molecular weight is 1240 g/mol. The van der Waals surface area contributed by atoms with Gasteiger partial charge >= 0.3 is 11.9 Å². The van der Waals surface area contributed by atoms with Gasteiger partial charge in [-0.05, 0) is 0 Å². The summed E-state index contributed by atoms with van der Waals surface area (Å²) in [7, 11) is 0. The van der Waals surface area contributed by atoms with E-state index in [1.165, 1.54) is 0 Å². The van der Waals surface area contributed by atoms with Crippen LogP contribution in [0.15, 0.2) is 0 Å². The van der Waals surface area contributed by atoms with Crippen molar-refractivity contribution in [3.8, 4) is 0 Å². The van der Waals surface area contributed by atoms with Gasteiger partial charge < -0.3 is 178 Å². The molecule has 0 radical (unpaired) electrons. The van der Waals surface area contributed by atoms with Crippen LogP contribution in [-0.2, 0) is 80.6 Å². The van der Waals surface area contributed by atoms with Gasteiger partial charge in [0.15, 0.2) is 44.0 Å². The van der Waals surface area contributed by atoms with Crippen molar-refractivity contribution in [3.05, 3.63) is 0 Å². The largest absolute Gasteiger partial charge is 0.481 e. The van der Waals surface area contributed by atoms with E-state index in [0.717, 1.165) is 0 Å². The number of esters is 1. The predicted octanol–water partition coefficient (Wildman–Crippen LogP) is -14.8. The summed E-state index contributed by atoms with van der Waals surface area (Å²) in [5.74, 6) is -2.56. The Morgan fingerprint density at radius 3 is 0.619 bits per heavy atom. The maximum Gasteiger partial charge on any atom is 0.306 e. The number of ether oxygens (including phenoxy) is 15. The van der Waals surface area contributed by atoms with Crippen molar-refractivity contribution in [2.45, 2.75) is 228 Å². The first-order valence-corrected chi connectivity index (χ1v) is 26.6. The highest BCUT2D eigenvalue weighted by atomic mass is 16.8. The fraction of sp³-hybridized carbons (Fsp3) is 0.957. The van der Waals surface area contributed by atoms with Crippen LogP contribution in [0, 0.1) is 0 Å². The van der Waals surface area contributed by atoms with E-state index in [-0.39, 0.29) is 0 Å². The van der Waals surface area contributed by atoms with Crippen LogP contribution in [0.1, 0.15) is 12.8 Å². The van der Waals surface area contributed by atoms with Crippen LogP contribution in [0.2, 0.25) is 0 Å². The summed E-state index contributed by atoms with van der Waals surface area (Å²) in [6, 6.07) is 0. The third kappa shape index (κ3) is 14.0. The molecule has 0 amide bonds. The first-order valence-electron chi connectivity index (χ1n) is 26.6. The van der Waals surface area contributed by atoms with Gasteiger partial charge in [-0.2, -0.15) is 0 Å². The van der Waals surface area contributed by atoms with Crippen LogP contribution in [-0.4, -0.2) is 380 Å². The van der Waals surface area contributed by atoms with E-state index < -0.39 is 286 Å². The minimum Gasteiger partial charge on any atom is -0.481 e.